The minimum Gasteiger partial charge on any atom is -0.493 e. The number of alkyl halides is 1. The van der Waals surface area contributed by atoms with Gasteiger partial charge in [-0.1, -0.05) is 11.8 Å². The second-order valence-electron chi connectivity index (χ2n) is 4.27. The predicted molar refractivity (Wildman–Crippen MR) is 80.0 cm³/mol. The van der Waals surface area contributed by atoms with Crippen molar-refractivity contribution in [2.24, 2.45) is 0 Å². The van der Waals surface area contributed by atoms with Crippen LogP contribution in [-0.2, 0) is 4.74 Å². The van der Waals surface area contributed by atoms with Crippen LogP contribution >= 0.6 is 11.6 Å². The first-order valence-corrected chi connectivity index (χ1v) is 7.08. The van der Waals surface area contributed by atoms with E-state index < -0.39 is 0 Å². The van der Waals surface area contributed by atoms with Crippen LogP contribution in [-0.4, -0.2) is 26.2 Å². The average molecular weight is 281 g/mol. The van der Waals surface area contributed by atoms with Crippen LogP contribution < -0.4 is 4.74 Å². The highest BCUT2D eigenvalue weighted by molar-refractivity contribution is 6.18. The van der Waals surface area contributed by atoms with Gasteiger partial charge in [-0.15, -0.1) is 11.6 Å². The van der Waals surface area contributed by atoms with Gasteiger partial charge in [0.05, 0.1) is 6.61 Å². The average Bonchev–Trinajstić information content (AvgIpc) is 2.41. The van der Waals surface area contributed by atoms with Gasteiger partial charge in [0.1, 0.15) is 5.75 Å². The van der Waals surface area contributed by atoms with Crippen molar-refractivity contribution < 1.29 is 9.47 Å². The van der Waals surface area contributed by atoms with Crippen LogP contribution in [0.2, 0.25) is 0 Å². The third-order valence-electron chi connectivity index (χ3n) is 2.63. The molecule has 1 rings (SSSR count). The second kappa shape index (κ2) is 9.72. The first kappa shape index (κ1) is 15.9. The summed E-state index contributed by atoms with van der Waals surface area (Å²) in [4.78, 5) is 0. The van der Waals surface area contributed by atoms with E-state index in [2.05, 4.69) is 11.8 Å². The number of methoxy groups -OCH3 is 1. The number of hydrogen-bond donors (Lipinski definition) is 0. The topological polar surface area (TPSA) is 18.5 Å². The number of hydrogen-bond acceptors (Lipinski definition) is 2. The largest absolute Gasteiger partial charge is 0.493 e. The highest BCUT2D eigenvalue weighted by Crippen LogP contribution is 2.19. The maximum absolute atomic E-state index is 5.74. The summed E-state index contributed by atoms with van der Waals surface area (Å²) in [7, 11) is 1.72. The van der Waals surface area contributed by atoms with E-state index in [1.807, 2.05) is 25.1 Å². The maximum atomic E-state index is 5.74. The summed E-state index contributed by atoms with van der Waals surface area (Å²) < 4.78 is 10.7. The van der Waals surface area contributed by atoms with Gasteiger partial charge in [-0.05, 0) is 43.5 Å². The van der Waals surface area contributed by atoms with Crippen LogP contribution in [0.15, 0.2) is 18.2 Å². The van der Waals surface area contributed by atoms with E-state index >= 15 is 0 Å². The van der Waals surface area contributed by atoms with Gasteiger partial charge in [0.25, 0.3) is 0 Å². The smallest absolute Gasteiger partial charge is 0.122 e. The lowest BCUT2D eigenvalue weighted by Gasteiger charge is -2.09. The Labute approximate surface area is 121 Å². The van der Waals surface area contributed by atoms with Crippen molar-refractivity contribution in [3.05, 3.63) is 29.3 Å². The van der Waals surface area contributed by atoms with E-state index in [1.165, 1.54) is 0 Å². The molecule has 0 heterocycles. The van der Waals surface area contributed by atoms with Crippen LogP contribution in [0.3, 0.4) is 0 Å². The van der Waals surface area contributed by atoms with Crippen LogP contribution in [0.25, 0.3) is 0 Å². The minimum atomic E-state index is 0.578. The maximum Gasteiger partial charge on any atom is 0.122 e. The van der Waals surface area contributed by atoms with Crippen molar-refractivity contribution in [3.63, 3.8) is 0 Å². The zero-order valence-electron chi connectivity index (χ0n) is 11.7. The van der Waals surface area contributed by atoms with Crippen LogP contribution in [0.4, 0.5) is 0 Å². The van der Waals surface area contributed by atoms with E-state index in [1.54, 1.807) is 7.11 Å². The Balaban J connectivity index is 2.46. The highest BCUT2D eigenvalue weighted by atomic mass is 35.5. The van der Waals surface area contributed by atoms with E-state index in [-0.39, 0.29) is 0 Å². The Bertz CT molecular complexity index is 432. The summed E-state index contributed by atoms with van der Waals surface area (Å²) in [6, 6.07) is 6.01. The Kier molecular flexibility index (Phi) is 8.13. The minimum absolute atomic E-state index is 0.578. The molecule has 0 saturated heterocycles. The molecule has 0 N–H and O–H groups in total. The molecule has 0 aliphatic rings. The van der Waals surface area contributed by atoms with Gasteiger partial charge in [-0.3, -0.25) is 0 Å². The molecule has 19 heavy (non-hydrogen) atoms. The number of aryl methyl sites for hydroxylation is 1. The fourth-order valence-electron chi connectivity index (χ4n) is 1.63. The monoisotopic (exact) mass is 280 g/mol. The molecule has 0 aromatic heterocycles. The molecule has 0 fully saturated rings. The SMILES string of the molecule is COCCCCOc1ccc(C#CCCCl)cc1C. The Morgan fingerprint density at radius 1 is 1.21 bits per heavy atom. The van der Waals surface area contributed by atoms with Gasteiger partial charge in [0.2, 0.25) is 0 Å². The van der Waals surface area contributed by atoms with Gasteiger partial charge in [-0.25, -0.2) is 0 Å². The van der Waals surface area contributed by atoms with Crippen molar-refractivity contribution in [1.29, 1.82) is 0 Å². The van der Waals surface area contributed by atoms with Crippen LogP contribution in [0.5, 0.6) is 5.75 Å². The van der Waals surface area contributed by atoms with Gasteiger partial charge in [0.15, 0.2) is 0 Å². The number of unbranched alkanes of at least 4 members (excludes halogenated alkanes) is 1. The quantitative estimate of drug-likeness (QED) is 0.430. The molecule has 0 saturated carbocycles. The van der Waals surface area contributed by atoms with E-state index in [0.29, 0.717) is 5.88 Å². The molecule has 104 valence electrons. The van der Waals surface area contributed by atoms with E-state index in [9.17, 15) is 0 Å². The molecule has 1 aromatic rings. The molecule has 0 amide bonds. The lowest BCUT2D eigenvalue weighted by molar-refractivity contribution is 0.184. The first-order valence-electron chi connectivity index (χ1n) is 6.55. The summed E-state index contributed by atoms with van der Waals surface area (Å²) in [5.74, 6) is 7.63. The molecule has 1 aromatic carbocycles. The normalized spacial score (nSPS) is 9.84. The molecule has 0 atom stereocenters. The van der Waals surface area contributed by atoms with Crippen molar-refractivity contribution in [1.82, 2.24) is 0 Å². The summed E-state index contributed by atoms with van der Waals surface area (Å²) in [5, 5.41) is 0. The van der Waals surface area contributed by atoms with Crippen molar-refractivity contribution in [3.8, 4) is 17.6 Å². The van der Waals surface area contributed by atoms with E-state index in [0.717, 1.165) is 49.4 Å². The number of rotatable bonds is 7. The van der Waals surface area contributed by atoms with Gasteiger partial charge >= 0.3 is 0 Å². The van der Waals surface area contributed by atoms with E-state index in [4.69, 9.17) is 21.1 Å². The molecular formula is C16H21ClO2. The fourth-order valence-corrected chi connectivity index (χ4v) is 1.73. The molecule has 0 aliphatic carbocycles. The van der Waals surface area contributed by atoms with Gasteiger partial charge in [0, 0.05) is 31.6 Å². The Morgan fingerprint density at radius 2 is 2.00 bits per heavy atom. The first-order chi connectivity index (χ1) is 9.27. The zero-order valence-corrected chi connectivity index (χ0v) is 12.4. The van der Waals surface area contributed by atoms with Gasteiger partial charge < -0.3 is 9.47 Å². The second-order valence-corrected chi connectivity index (χ2v) is 4.65. The number of halogens is 1. The van der Waals surface area contributed by atoms with Crippen LogP contribution in [0.1, 0.15) is 30.4 Å². The highest BCUT2D eigenvalue weighted by Gasteiger charge is 2.00. The summed E-state index contributed by atoms with van der Waals surface area (Å²) in [5.41, 5.74) is 2.12. The molecule has 2 nitrogen and oxygen atoms in total. The third-order valence-corrected chi connectivity index (χ3v) is 2.82. The van der Waals surface area contributed by atoms with Crippen molar-refractivity contribution >= 4 is 11.6 Å². The molecular weight excluding hydrogens is 260 g/mol. The molecule has 0 bridgehead atoms. The lowest BCUT2D eigenvalue weighted by Crippen LogP contribution is -2.00. The summed E-state index contributed by atoms with van der Waals surface area (Å²) >= 11 is 5.59. The number of ether oxygens (including phenoxy) is 2. The summed E-state index contributed by atoms with van der Waals surface area (Å²) in [6.45, 7) is 3.55. The Morgan fingerprint density at radius 3 is 2.68 bits per heavy atom. The molecule has 0 spiro atoms. The number of benzene rings is 1. The third kappa shape index (κ3) is 6.52. The summed E-state index contributed by atoms with van der Waals surface area (Å²) in [6.07, 6.45) is 2.75. The fraction of sp³-hybridized carbons (Fsp3) is 0.500. The predicted octanol–water partition coefficient (Wildman–Crippen LogP) is 3.78. The molecule has 3 heteroatoms. The standard InChI is InChI=1S/C16H21ClO2/c1-14-13-15(7-3-4-10-17)8-9-16(14)19-12-6-5-11-18-2/h8-9,13H,4-6,10-12H2,1-2H3. The van der Waals surface area contributed by atoms with Crippen molar-refractivity contribution in [2.75, 3.05) is 26.2 Å². The molecule has 0 aliphatic heterocycles. The zero-order chi connectivity index (χ0) is 13.9. The van der Waals surface area contributed by atoms with Crippen LogP contribution in [0, 0.1) is 18.8 Å². The molecule has 0 radical (unpaired) electrons. The van der Waals surface area contributed by atoms with Crippen molar-refractivity contribution in [2.45, 2.75) is 26.2 Å². The Hall–Kier alpha value is -1.17. The molecule has 0 unspecified atom stereocenters. The van der Waals surface area contributed by atoms with Gasteiger partial charge in [-0.2, -0.15) is 0 Å². The lowest BCUT2D eigenvalue weighted by atomic mass is 10.1.